The van der Waals surface area contributed by atoms with E-state index in [0.717, 1.165) is 0 Å². The van der Waals surface area contributed by atoms with Crippen molar-refractivity contribution in [1.29, 1.82) is 0 Å². The lowest BCUT2D eigenvalue weighted by Gasteiger charge is -1.91. The van der Waals surface area contributed by atoms with Gasteiger partial charge in [-0.15, -0.1) is 0 Å². The molecule has 0 spiro atoms. The van der Waals surface area contributed by atoms with Gasteiger partial charge >= 0.3 is 8.25 Å². The maximum absolute atomic E-state index is 9.60. The Bertz CT molecular complexity index is 62.7. The molecular formula is C2H7O4P. The molecule has 7 heavy (non-hydrogen) atoms. The Labute approximate surface area is 41.9 Å². The second-order valence-electron chi connectivity index (χ2n) is 0.756. The predicted molar refractivity (Wildman–Crippen MR) is 23.9 cm³/mol. The van der Waals surface area contributed by atoms with Crippen LogP contribution in [0.15, 0.2) is 0 Å². The van der Waals surface area contributed by atoms with Crippen LogP contribution in [0.25, 0.3) is 0 Å². The molecule has 0 aromatic carbocycles. The van der Waals surface area contributed by atoms with Crippen LogP contribution in [0.2, 0.25) is 0 Å². The summed E-state index contributed by atoms with van der Waals surface area (Å²) in [5.74, 6) is 0. The summed E-state index contributed by atoms with van der Waals surface area (Å²) in [6.07, 6.45) is 0. The van der Waals surface area contributed by atoms with Crippen molar-refractivity contribution in [2.24, 2.45) is 0 Å². The summed E-state index contributed by atoms with van der Waals surface area (Å²) in [5.41, 5.74) is 0. The van der Waals surface area contributed by atoms with Crippen LogP contribution in [-0.4, -0.2) is 11.5 Å². The van der Waals surface area contributed by atoms with E-state index in [4.69, 9.17) is 4.89 Å². The maximum atomic E-state index is 9.60. The fraction of sp³-hybridized carbons (Fsp3) is 1.00. The highest BCUT2D eigenvalue weighted by atomic mass is 31.1. The minimum atomic E-state index is -2.87. The molecule has 0 aliphatic carbocycles. The lowest BCUT2D eigenvalue weighted by Crippen LogP contribution is -1.82. The highest BCUT2D eigenvalue weighted by Gasteiger charge is 1.86. The van der Waals surface area contributed by atoms with E-state index >= 15 is 0 Å². The number of hydrogen-bond donors (Lipinski definition) is 1. The Hall–Kier alpha value is 0.110. The summed E-state index contributed by atoms with van der Waals surface area (Å²) in [4.78, 5) is 12.0. The molecule has 0 radical (unpaired) electrons. The molecule has 0 amide bonds. The summed E-state index contributed by atoms with van der Waals surface area (Å²) < 4.78 is 13.4. The van der Waals surface area contributed by atoms with E-state index in [1.54, 1.807) is 6.92 Å². The Kier molecular flexibility index (Phi) is 4.34. The standard InChI is InChI=1S/C2H7O4P/c1-2-5-6-7(3)4/h7H,2H2,1H3,(H,3,4). The Morgan fingerprint density at radius 1 is 1.86 bits per heavy atom. The zero-order valence-electron chi connectivity index (χ0n) is 3.88. The summed E-state index contributed by atoms with van der Waals surface area (Å²) in [6.45, 7) is 1.95. The van der Waals surface area contributed by atoms with Gasteiger partial charge in [-0.3, -0.25) is 4.57 Å². The first-order valence-electron chi connectivity index (χ1n) is 1.79. The summed E-state index contributed by atoms with van der Waals surface area (Å²) in [5, 5.41) is 0. The van der Waals surface area contributed by atoms with Crippen molar-refractivity contribution in [3.05, 3.63) is 0 Å². The fourth-order valence-electron chi connectivity index (χ4n) is 0.109. The Balaban J connectivity index is 2.82. The molecule has 0 aliphatic heterocycles. The van der Waals surface area contributed by atoms with Gasteiger partial charge in [0, 0.05) is 0 Å². The van der Waals surface area contributed by atoms with Gasteiger partial charge in [0.05, 0.1) is 6.61 Å². The van der Waals surface area contributed by atoms with E-state index in [1.165, 1.54) is 0 Å². The van der Waals surface area contributed by atoms with Crippen LogP contribution in [0, 0.1) is 0 Å². The predicted octanol–water partition coefficient (Wildman–Crippen LogP) is 0.337. The van der Waals surface area contributed by atoms with Crippen LogP contribution in [0.5, 0.6) is 0 Å². The van der Waals surface area contributed by atoms with Crippen molar-refractivity contribution < 1.29 is 19.0 Å². The van der Waals surface area contributed by atoms with E-state index in [9.17, 15) is 4.57 Å². The van der Waals surface area contributed by atoms with Gasteiger partial charge in [-0.05, 0) is 6.92 Å². The smallest absolute Gasteiger partial charge is 0.325 e. The quantitative estimate of drug-likeness (QED) is 0.336. The molecule has 0 fully saturated rings. The van der Waals surface area contributed by atoms with E-state index in [2.05, 4.69) is 9.56 Å². The van der Waals surface area contributed by atoms with E-state index < -0.39 is 8.25 Å². The molecule has 5 heteroatoms. The molecule has 0 heterocycles. The van der Waals surface area contributed by atoms with Crippen LogP contribution in [0.4, 0.5) is 0 Å². The van der Waals surface area contributed by atoms with Crippen molar-refractivity contribution in [3.63, 3.8) is 0 Å². The third-order valence-corrected chi connectivity index (χ3v) is 0.508. The SMILES string of the molecule is CCOO[PH](=O)O. The summed E-state index contributed by atoms with van der Waals surface area (Å²) in [7, 11) is -2.87. The van der Waals surface area contributed by atoms with Crippen LogP contribution >= 0.6 is 8.25 Å². The van der Waals surface area contributed by atoms with Gasteiger partial charge in [-0.1, -0.05) is 0 Å². The van der Waals surface area contributed by atoms with E-state index in [0.29, 0.717) is 0 Å². The first-order valence-corrected chi connectivity index (χ1v) is 3.06. The monoisotopic (exact) mass is 126 g/mol. The van der Waals surface area contributed by atoms with Crippen molar-refractivity contribution in [2.45, 2.75) is 6.92 Å². The van der Waals surface area contributed by atoms with Gasteiger partial charge < -0.3 is 4.89 Å². The molecule has 0 aromatic heterocycles. The van der Waals surface area contributed by atoms with Crippen molar-refractivity contribution in [1.82, 2.24) is 0 Å². The zero-order chi connectivity index (χ0) is 5.70. The minimum Gasteiger partial charge on any atom is -0.325 e. The summed E-state index contributed by atoms with van der Waals surface area (Å²) in [6, 6.07) is 0. The number of rotatable bonds is 3. The van der Waals surface area contributed by atoms with E-state index in [-0.39, 0.29) is 6.61 Å². The molecule has 0 bridgehead atoms. The topological polar surface area (TPSA) is 55.8 Å². The molecule has 44 valence electrons. The Morgan fingerprint density at radius 3 is 2.57 bits per heavy atom. The van der Waals surface area contributed by atoms with Crippen molar-refractivity contribution in [2.75, 3.05) is 6.61 Å². The molecule has 0 saturated heterocycles. The Morgan fingerprint density at radius 2 is 2.43 bits per heavy atom. The zero-order valence-corrected chi connectivity index (χ0v) is 4.88. The van der Waals surface area contributed by atoms with Crippen molar-refractivity contribution in [3.8, 4) is 0 Å². The second kappa shape index (κ2) is 4.27. The molecular weight excluding hydrogens is 119 g/mol. The average molecular weight is 126 g/mol. The van der Waals surface area contributed by atoms with Crippen LogP contribution in [0.3, 0.4) is 0 Å². The molecule has 0 aromatic rings. The third-order valence-electron chi connectivity index (χ3n) is 0.248. The van der Waals surface area contributed by atoms with E-state index in [1.807, 2.05) is 0 Å². The second-order valence-corrected chi connectivity index (χ2v) is 1.45. The van der Waals surface area contributed by atoms with Gasteiger partial charge in [0.2, 0.25) is 0 Å². The van der Waals surface area contributed by atoms with Crippen molar-refractivity contribution >= 4 is 8.25 Å². The van der Waals surface area contributed by atoms with Crippen LogP contribution < -0.4 is 0 Å². The largest absolute Gasteiger partial charge is 0.344 e. The maximum Gasteiger partial charge on any atom is 0.344 e. The molecule has 4 nitrogen and oxygen atoms in total. The lowest BCUT2D eigenvalue weighted by molar-refractivity contribution is -0.203. The molecule has 1 atom stereocenters. The van der Waals surface area contributed by atoms with Gasteiger partial charge in [-0.2, -0.15) is 4.67 Å². The van der Waals surface area contributed by atoms with Gasteiger partial charge in [0.25, 0.3) is 0 Å². The number of hydrogen-bond acceptors (Lipinski definition) is 3. The normalized spacial score (nSPS) is 14.0. The third kappa shape index (κ3) is 6.11. The highest BCUT2D eigenvalue weighted by molar-refractivity contribution is 7.31. The average Bonchev–Trinajstić information content (AvgIpc) is 1.61. The first kappa shape index (κ1) is 7.11. The highest BCUT2D eigenvalue weighted by Crippen LogP contribution is 2.13. The minimum absolute atomic E-state index is 0.289. The van der Waals surface area contributed by atoms with Crippen LogP contribution in [0.1, 0.15) is 6.92 Å². The molecule has 0 saturated carbocycles. The lowest BCUT2D eigenvalue weighted by atomic mass is 10.9. The fourth-order valence-corrected chi connectivity index (χ4v) is 0.328. The van der Waals surface area contributed by atoms with Gasteiger partial charge in [0.1, 0.15) is 0 Å². The molecule has 1 unspecified atom stereocenters. The summed E-state index contributed by atoms with van der Waals surface area (Å²) >= 11 is 0. The molecule has 0 aliphatic rings. The van der Waals surface area contributed by atoms with Crippen LogP contribution in [-0.2, 0) is 14.1 Å². The molecule has 0 rings (SSSR count). The molecule has 1 N–H and O–H groups in total. The van der Waals surface area contributed by atoms with Gasteiger partial charge in [0.15, 0.2) is 0 Å². The van der Waals surface area contributed by atoms with Gasteiger partial charge in [-0.25, -0.2) is 4.89 Å². The first-order chi connectivity index (χ1) is 3.27.